The monoisotopic (exact) mass is 364 g/mol. The molecule has 1 fully saturated rings. The molecule has 1 aliphatic heterocycles. The van der Waals surface area contributed by atoms with E-state index in [4.69, 9.17) is 4.74 Å². The van der Waals surface area contributed by atoms with Crippen molar-refractivity contribution in [3.05, 3.63) is 64.2 Å². The maximum absolute atomic E-state index is 12.8. The van der Waals surface area contributed by atoms with Crippen molar-refractivity contribution < 1.29 is 14.3 Å². The molecule has 3 rings (SSSR count). The topological polar surface area (TPSA) is 58.6 Å². The molecule has 1 aliphatic rings. The summed E-state index contributed by atoms with van der Waals surface area (Å²) in [6.07, 6.45) is 2.59. The van der Waals surface area contributed by atoms with E-state index < -0.39 is 5.91 Å². The van der Waals surface area contributed by atoms with Gasteiger partial charge >= 0.3 is 0 Å². The molecule has 2 aromatic rings. The van der Waals surface area contributed by atoms with Gasteiger partial charge in [-0.3, -0.25) is 15.0 Å². The third-order valence-corrected chi connectivity index (χ3v) is 4.72. The fourth-order valence-corrected chi connectivity index (χ4v) is 2.93. The predicted octanol–water partition coefficient (Wildman–Crippen LogP) is 3.86. The molecule has 0 atom stereocenters. The Balaban J connectivity index is 1.90. The van der Waals surface area contributed by atoms with Crippen molar-refractivity contribution >= 4 is 23.6 Å². The van der Waals surface area contributed by atoms with E-state index in [-0.39, 0.29) is 11.5 Å². The van der Waals surface area contributed by atoms with Gasteiger partial charge in [-0.15, -0.1) is 0 Å². The minimum Gasteiger partial charge on any atom is -0.493 e. The standard InChI is InChI=1S/C22H24N2O3/c1-5-12-27-20-11-8-17(15(3)16(20)4)13-19-21(25)23-24(22(19)26)18-9-6-14(2)7-10-18/h6-11,13H,5,12H2,1-4H3,(H,23,25)/b19-13-. The van der Waals surface area contributed by atoms with Gasteiger partial charge in [-0.05, 0) is 68.2 Å². The lowest BCUT2D eigenvalue weighted by atomic mass is 10.00. The molecule has 1 N–H and O–H groups in total. The van der Waals surface area contributed by atoms with Crippen LogP contribution in [0.15, 0.2) is 42.0 Å². The Morgan fingerprint density at radius 3 is 2.37 bits per heavy atom. The molecule has 2 aromatic carbocycles. The summed E-state index contributed by atoms with van der Waals surface area (Å²) in [5.74, 6) is 0.0798. The van der Waals surface area contributed by atoms with Gasteiger partial charge in [0.25, 0.3) is 11.8 Å². The van der Waals surface area contributed by atoms with Crippen LogP contribution < -0.4 is 15.2 Å². The third-order valence-electron chi connectivity index (χ3n) is 4.72. The van der Waals surface area contributed by atoms with Crippen molar-refractivity contribution in [1.82, 2.24) is 5.43 Å². The van der Waals surface area contributed by atoms with Crippen LogP contribution in [-0.2, 0) is 9.59 Å². The summed E-state index contributed by atoms with van der Waals surface area (Å²) in [7, 11) is 0. The maximum atomic E-state index is 12.8. The highest BCUT2D eigenvalue weighted by atomic mass is 16.5. The number of benzene rings is 2. The zero-order chi connectivity index (χ0) is 19.6. The molecular weight excluding hydrogens is 340 g/mol. The number of ether oxygens (including phenoxy) is 1. The van der Waals surface area contributed by atoms with Crippen LogP contribution in [0.4, 0.5) is 5.69 Å². The van der Waals surface area contributed by atoms with Gasteiger partial charge in [0.2, 0.25) is 0 Å². The van der Waals surface area contributed by atoms with Crippen LogP contribution in [0.25, 0.3) is 6.08 Å². The van der Waals surface area contributed by atoms with E-state index in [1.807, 2.05) is 57.2 Å². The van der Waals surface area contributed by atoms with Crippen molar-refractivity contribution in [1.29, 1.82) is 0 Å². The zero-order valence-corrected chi connectivity index (χ0v) is 16.1. The summed E-state index contributed by atoms with van der Waals surface area (Å²) in [6, 6.07) is 11.2. The highest BCUT2D eigenvalue weighted by Crippen LogP contribution is 2.28. The van der Waals surface area contributed by atoms with Crippen LogP contribution in [0.1, 0.15) is 35.6 Å². The number of amides is 2. The molecule has 0 spiro atoms. The van der Waals surface area contributed by atoms with E-state index in [1.54, 1.807) is 6.08 Å². The molecule has 140 valence electrons. The predicted molar refractivity (Wildman–Crippen MR) is 106 cm³/mol. The average molecular weight is 364 g/mol. The second-order valence-electron chi connectivity index (χ2n) is 6.73. The Hall–Kier alpha value is -3.08. The SMILES string of the molecule is CCCOc1ccc(/C=C2/C(=O)NN(c3ccc(C)cc3)C2=O)c(C)c1C. The van der Waals surface area contributed by atoms with E-state index in [9.17, 15) is 9.59 Å². The zero-order valence-electron chi connectivity index (χ0n) is 16.1. The molecule has 5 nitrogen and oxygen atoms in total. The highest BCUT2D eigenvalue weighted by Gasteiger charge is 2.34. The lowest BCUT2D eigenvalue weighted by molar-refractivity contribution is -0.117. The van der Waals surface area contributed by atoms with Crippen LogP contribution in [-0.4, -0.2) is 18.4 Å². The van der Waals surface area contributed by atoms with E-state index >= 15 is 0 Å². The van der Waals surface area contributed by atoms with E-state index in [2.05, 4.69) is 12.3 Å². The van der Waals surface area contributed by atoms with Crippen molar-refractivity contribution in [3.8, 4) is 5.75 Å². The normalized spacial score (nSPS) is 15.4. The quantitative estimate of drug-likeness (QED) is 0.647. The van der Waals surface area contributed by atoms with Crippen molar-refractivity contribution in [3.63, 3.8) is 0 Å². The summed E-state index contributed by atoms with van der Waals surface area (Å²) < 4.78 is 5.74. The van der Waals surface area contributed by atoms with Gasteiger partial charge in [-0.2, -0.15) is 0 Å². The van der Waals surface area contributed by atoms with Crippen LogP contribution in [0.3, 0.4) is 0 Å². The molecular formula is C22H24N2O3. The fourth-order valence-electron chi connectivity index (χ4n) is 2.93. The number of rotatable bonds is 5. The molecule has 1 heterocycles. The van der Waals surface area contributed by atoms with Gasteiger partial charge in [0.15, 0.2) is 0 Å². The molecule has 0 unspecified atom stereocenters. The van der Waals surface area contributed by atoms with Gasteiger partial charge in [-0.25, -0.2) is 5.01 Å². The average Bonchev–Trinajstić information content (AvgIpc) is 2.93. The molecule has 0 bridgehead atoms. The summed E-state index contributed by atoms with van der Waals surface area (Å²) >= 11 is 0. The van der Waals surface area contributed by atoms with Crippen LogP contribution in [0, 0.1) is 20.8 Å². The summed E-state index contributed by atoms with van der Waals surface area (Å²) in [4.78, 5) is 25.1. The van der Waals surface area contributed by atoms with Gasteiger partial charge in [0.1, 0.15) is 11.3 Å². The molecule has 0 aliphatic carbocycles. The fraction of sp³-hybridized carbons (Fsp3) is 0.273. The Labute approximate surface area is 159 Å². The van der Waals surface area contributed by atoms with Crippen LogP contribution >= 0.6 is 0 Å². The lowest BCUT2D eigenvalue weighted by Crippen LogP contribution is -2.35. The van der Waals surface area contributed by atoms with Crippen molar-refractivity contribution in [2.75, 3.05) is 11.6 Å². The number of hydrogen-bond donors (Lipinski definition) is 1. The lowest BCUT2D eigenvalue weighted by Gasteiger charge is -2.14. The van der Waals surface area contributed by atoms with Crippen LogP contribution in [0.2, 0.25) is 0 Å². The van der Waals surface area contributed by atoms with Crippen molar-refractivity contribution in [2.45, 2.75) is 34.1 Å². The number of hydrogen-bond acceptors (Lipinski definition) is 3. The van der Waals surface area contributed by atoms with Crippen molar-refractivity contribution in [2.24, 2.45) is 0 Å². The van der Waals surface area contributed by atoms with E-state index in [0.717, 1.165) is 34.4 Å². The largest absolute Gasteiger partial charge is 0.493 e. The second kappa shape index (κ2) is 7.66. The van der Waals surface area contributed by atoms with Gasteiger partial charge in [0.05, 0.1) is 12.3 Å². The van der Waals surface area contributed by atoms with Crippen LogP contribution in [0.5, 0.6) is 5.75 Å². The first-order valence-corrected chi connectivity index (χ1v) is 9.09. The molecule has 1 saturated heterocycles. The molecule has 0 aromatic heterocycles. The summed E-state index contributed by atoms with van der Waals surface area (Å²) in [5.41, 5.74) is 7.32. The first kappa shape index (κ1) is 18.7. The molecule has 0 radical (unpaired) electrons. The minimum atomic E-state index is -0.399. The summed E-state index contributed by atoms with van der Waals surface area (Å²) in [6.45, 7) is 8.64. The van der Waals surface area contributed by atoms with E-state index in [1.165, 1.54) is 5.01 Å². The number of aryl methyl sites for hydroxylation is 1. The first-order valence-electron chi connectivity index (χ1n) is 9.09. The van der Waals surface area contributed by atoms with Gasteiger partial charge in [-0.1, -0.05) is 30.7 Å². The number of nitrogens with zero attached hydrogens (tertiary/aromatic N) is 1. The number of anilines is 1. The number of carbonyl (C=O) groups excluding carboxylic acids is 2. The summed E-state index contributed by atoms with van der Waals surface area (Å²) in [5, 5.41) is 1.29. The minimum absolute atomic E-state index is 0.125. The molecule has 2 amide bonds. The number of carbonyl (C=O) groups is 2. The highest BCUT2D eigenvalue weighted by molar-refractivity contribution is 6.31. The second-order valence-corrected chi connectivity index (χ2v) is 6.73. The Morgan fingerprint density at radius 2 is 1.70 bits per heavy atom. The van der Waals surface area contributed by atoms with Gasteiger partial charge in [0, 0.05) is 0 Å². The number of nitrogens with one attached hydrogen (secondary N) is 1. The Kier molecular flexibility index (Phi) is 5.31. The maximum Gasteiger partial charge on any atom is 0.282 e. The molecule has 0 saturated carbocycles. The van der Waals surface area contributed by atoms with E-state index in [0.29, 0.717) is 12.3 Å². The molecule has 5 heteroatoms. The van der Waals surface area contributed by atoms with Gasteiger partial charge < -0.3 is 4.74 Å². The third kappa shape index (κ3) is 3.72. The number of hydrazine groups is 1. The molecule has 27 heavy (non-hydrogen) atoms. The smallest absolute Gasteiger partial charge is 0.282 e. The Morgan fingerprint density at radius 1 is 1.00 bits per heavy atom. The first-order chi connectivity index (χ1) is 12.9. The Bertz CT molecular complexity index is 914.